The first kappa shape index (κ1) is 27.7. The summed E-state index contributed by atoms with van der Waals surface area (Å²) in [6, 6.07) is 0. The van der Waals surface area contributed by atoms with Crippen LogP contribution in [0.3, 0.4) is 0 Å². The Bertz CT molecular complexity index is 540. The SMILES string of the molecule is CC(C)(C1CCC(OCC(O)COCC2CC2)CC1)C1CCC(OCC(O)COCC2CO2)CC1. The van der Waals surface area contributed by atoms with Crippen molar-refractivity contribution in [2.75, 3.05) is 46.2 Å². The number of epoxide rings is 1. The summed E-state index contributed by atoms with van der Waals surface area (Å²) < 4.78 is 28.2. The lowest BCUT2D eigenvalue weighted by Crippen LogP contribution is -2.39. The monoisotopic (exact) mass is 498 g/mol. The highest BCUT2D eigenvalue weighted by Gasteiger charge is 2.41. The Morgan fingerprint density at radius 2 is 1.14 bits per heavy atom. The van der Waals surface area contributed by atoms with Crippen LogP contribution in [0.4, 0.5) is 0 Å². The molecule has 0 aromatic heterocycles. The van der Waals surface area contributed by atoms with Crippen LogP contribution in [-0.2, 0) is 23.7 Å². The van der Waals surface area contributed by atoms with Gasteiger partial charge in [0, 0.05) is 6.61 Å². The van der Waals surface area contributed by atoms with Gasteiger partial charge in [0.15, 0.2) is 0 Å². The van der Waals surface area contributed by atoms with E-state index in [0.29, 0.717) is 38.4 Å². The summed E-state index contributed by atoms with van der Waals surface area (Å²) in [4.78, 5) is 0. The van der Waals surface area contributed by atoms with Crippen molar-refractivity contribution in [3.8, 4) is 0 Å². The molecular weight excluding hydrogens is 448 g/mol. The van der Waals surface area contributed by atoms with Gasteiger partial charge in [-0.05, 0) is 87.4 Å². The van der Waals surface area contributed by atoms with Gasteiger partial charge in [-0.15, -0.1) is 0 Å². The summed E-state index contributed by atoms with van der Waals surface area (Å²) in [5.74, 6) is 2.18. The molecule has 4 fully saturated rings. The molecule has 0 aromatic rings. The summed E-state index contributed by atoms with van der Waals surface area (Å²) in [6.07, 6.45) is 11.4. The van der Waals surface area contributed by atoms with Gasteiger partial charge in [0.25, 0.3) is 0 Å². The van der Waals surface area contributed by atoms with Crippen LogP contribution in [0.1, 0.15) is 78.1 Å². The van der Waals surface area contributed by atoms with Crippen molar-refractivity contribution < 1.29 is 33.9 Å². The molecule has 1 saturated heterocycles. The molecule has 0 aromatic carbocycles. The lowest BCUT2D eigenvalue weighted by atomic mass is 9.60. The summed E-state index contributed by atoms with van der Waals surface area (Å²) >= 11 is 0. The van der Waals surface area contributed by atoms with Crippen molar-refractivity contribution in [2.45, 2.75) is 109 Å². The fraction of sp³-hybridized carbons (Fsp3) is 1.00. The number of aliphatic hydroxyl groups excluding tert-OH is 2. The second-order valence-electron chi connectivity index (χ2n) is 12.2. The average Bonchev–Trinajstić information content (AvgIpc) is 3.78. The molecule has 2 N–H and O–H groups in total. The molecule has 0 radical (unpaired) electrons. The Labute approximate surface area is 212 Å². The molecule has 3 saturated carbocycles. The second kappa shape index (κ2) is 13.5. The van der Waals surface area contributed by atoms with Crippen molar-refractivity contribution in [1.82, 2.24) is 0 Å². The minimum Gasteiger partial charge on any atom is -0.388 e. The van der Waals surface area contributed by atoms with Crippen molar-refractivity contribution in [1.29, 1.82) is 0 Å². The van der Waals surface area contributed by atoms with Gasteiger partial charge in [-0.3, -0.25) is 0 Å². The molecule has 3 atom stereocenters. The molecule has 3 aliphatic carbocycles. The lowest BCUT2D eigenvalue weighted by Gasteiger charge is -2.46. The normalized spacial score (nSPS) is 33.4. The molecule has 7 heteroatoms. The largest absolute Gasteiger partial charge is 0.388 e. The summed E-state index contributed by atoms with van der Waals surface area (Å²) in [5, 5.41) is 20.2. The lowest BCUT2D eigenvalue weighted by molar-refractivity contribution is -0.0759. The van der Waals surface area contributed by atoms with E-state index in [-0.39, 0.29) is 18.3 Å². The van der Waals surface area contributed by atoms with Gasteiger partial charge >= 0.3 is 0 Å². The zero-order valence-electron chi connectivity index (χ0n) is 22.1. The third kappa shape index (κ3) is 9.51. The van der Waals surface area contributed by atoms with Crippen LogP contribution < -0.4 is 0 Å². The molecular formula is C28H50O7. The van der Waals surface area contributed by atoms with E-state index in [2.05, 4.69) is 13.8 Å². The standard InChI is InChI=1S/C28H50O7/c1-28(2,21-5-9-25(10-6-21)33-16-23(29)14-31-13-20-3-4-20)22-7-11-26(12-8-22)34-17-24(30)15-32-18-27-19-35-27/h20-27,29-30H,3-19H2,1-2H3. The quantitative estimate of drug-likeness (QED) is 0.314. The molecule has 1 aliphatic heterocycles. The smallest absolute Gasteiger partial charge is 0.104 e. The minimum atomic E-state index is -0.559. The highest BCUT2D eigenvalue weighted by atomic mass is 16.6. The van der Waals surface area contributed by atoms with E-state index in [4.69, 9.17) is 23.7 Å². The predicted molar refractivity (Wildman–Crippen MR) is 133 cm³/mol. The van der Waals surface area contributed by atoms with E-state index in [0.717, 1.165) is 56.7 Å². The van der Waals surface area contributed by atoms with Gasteiger partial charge in [0.2, 0.25) is 0 Å². The number of aliphatic hydroxyl groups is 2. The molecule has 0 bridgehead atoms. The average molecular weight is 499 g/mol. The molecule has 7 nitrogen and oxygen atoms in total. The van der Waals surface area contributed by atoms with E-state index in [1.54, 1.807) is 0 Å². The highest BCUT2D eigenvalue weighted by molar-refractivity contribution is 4.91. The van der Waals surface area contributed by atoms with Crippen LogP contribution in [0.15, 0.2) is 0 Å². The van der Waals surface area contributed by atoms with Crippen LogP contribution in [0.2, 0.25) is 0 Å². The molecule has 35 heavy (non-hydrogen) atoms. The van der Waals surface area contributed by atoms with Crippen molar-refractivity contribution >= 4 is 0 Å². The van der Waals surface area contributed by atoms with E-state index >= 15 is 0 Å². The molecule has 4 aliphatic rings. The van der Waals surface area contributed by atoms with Crippen molar-refractivity contribution in [3.63, 3.8) is 0 Å². The van der Waals surface area contributed by atoms with Gasteiger partial charge < -0.3 is 33.9 Å². The van der Waals surface area contributed by atoms with Gasteiger partial charge in [0.1, 0.15) is 18.3 Å². The zero-order chi connectivity index (χ0) is 24.7. The Hall–Kier alpha value is -0.280. The Balaban J connectivity index is 1.06. The van der Waals surface area contributed by atoms with E-state index in [1.807, 2.05) is 0 Å². The van der Waals surface area contributed by atoms with Gasteiger partial charge in [-0.25, -0.2) is 0 Å². The predicted octanol–water partition coefficient (Wildman–Crippen LogP) is 3.73. The first-order valence-corrected chi connectivity index (χ1v) is 14.3. The van der Waals surface area contributed by atoms with Crippen LogP contribution in [0.25, 0.3) is 0 Å². The Kier molecular flexibility index (Phi) is 10.7. The zero-order valence-corrected chi connectivity index (χ0v) is 22.1. The Morgan fingerprint density at radius 1 is 0.686 bits per heavy atom. The van der Waals surface area contributed by atoms with Crippen LogP contribution >= 0.6 is 0 Å². The van der Waals surface area contributed by atoms with E-state index < -0.39 is 12.2 Å². The van der Waals surface area contributed by atoms with Crippen molar-refractivity contribution in [3.05, 3.63) is 0 Å². The van der Waals surface area contributed by atoms with E-state index in [9.17, 15) is 10.2 Å². The van der Waals surface area contributed by atoms with Crippen molar-refractivity contribution in [2.24, 2.45) is 23.2 Å². The summed E-state index contributed by atoms with van der Waals surface area (Å²) in [6.45, 7) is 8.55. The molecule has 0 amide bonds. The molecule has 3 unspecified atom stereocenters. The van der Waals surface area contributed by atoms with Gasteiger partial charge in [-0.2, -0.15) is 0 Å². The van der Waals surface area contributed by atoms with Crippen LogP contribution in [-0.4, -0.2) is 87.0 Å². The maximum Gasteiger partial charge on any atom is 0.104 e. The first-order valence-electron chi connectivity index (χ1n) is 14.3. The fourth-order valence-electron chi connectivity index (χ4n) is 6.03. The van der Waals surface area contributed by atoms with Gasteiger partial charge in [-0.1, -0.05) is 13.8 Å². The molecule has 1 heterocycles. The maximum absolute atomic E-state index is 10.1. The molecule has 4 rings (SSSR count). The number of hydrogen-bond donors (Lipinski definition) is 2. The maximum atomic E-state index is 10.1. The number of ether oxygens (including phenoxy) is 5. The van der Waals surface area contributed by atoms with Gasteiger partial charge in [0.05, 0.1) is 51.8 Å². The molecule has 204 valence electrons. The van der Waals surface area contributed by atoms with Crippen LogP contribution in [0.5, 0.6) is 0 Å². The third-order valence-electron chi connectivity index (χ3n) is 8.88. The number of hydrogen-bond acceptors (Lipinski definition) is 7. The topological polar surface area (TPSA) is 89.9 Å². The molecule has 0 spiro atoms. The first-order chi connectivity index (χ1) is 16.9. The van der Waals surface area contributed by atoms with Crippen LogP contribution in [0, 0.1) is 23.2 Å². The summed E-state index contributed by atoms with van der Waals surface area (Å²) in [5.41, 5.74) is 0.324. The fourth-order valence-corrected chi connectivity index (χ4v) is 6.03. The third-order valence-corrected chi connectivity index (χ3v) is 8.88. The highest BCUT2D eigenvalue weighted by Crippen LogP contribution is 2.48. The summed E-state index contributed by atoms with van der Waals surface area (Å²) in [7, 11) is 0. The minimum absolute atomic E-state index is 0.235. The second-order valence-corrected chi connectivity index (χ2v) is 12.2. The Morgan fingerprint density at radius 3 is 1.57 bits per heavy atom. The number of rotatable bonds is 16. The van der Waals surface area contributed by atoms with E-state index in [1.165, 1.54) is 38.5 Å².